The number of amides is 1. The van der Waals surface area contributed by atoms with Crippen molar-refractivity contribution in [3.63, 3.8) is 0 Å². The van der Waals surface area contributed by atoms with Crippen molar-refractivity contribution in [2.24, 2.45) is 12.5 Å². The van der Waals surface area contributed by atoms with Gasteiger partial charge in [0, 0.05) is 31.8 Å². The molecule has 1 rings (SSSR count). The molecule has 2 N–H and O–H groups in total. The Bertz CT molecular complexity index is 344. The van der Waals surface area contributed by atoms with E-state index in [9.17, 15) is 4.79 Å². The van der Waals surface area contributed by atoms with Crippen LogP contribution in [-0.2, 0) is 7.05 Å². The van der Waals surface area contributed by atoms with E-state index < -0.39 is 0 Å². The summed E-state index contributed by atoms with van der Waals surface area (Å²) in [5, 5.41) is 15.7. The van der Waals surface area contributed by atoms with Crippen LogP contribution in [0.15, 0.2) is 12.3 Å². The third kappa shape index (κ3) is 3.36. The van der Waals surface area contributed by atoms with Crippen molar-refractivity contribution in [3.05, 3.63) is 18.0 Å². The number of nitrogens with zero attached hydrogens (tertiary/aromatic N) is 2. The lowest BCUT2D eigenvalue weighted by Crippen LogP contribution is -2.36. The topological polar surface area (TPSA) is 67.2 Å². The zero-order chi connectivity index (χ0) is 11.5. The number of carbonyl (C=O) groups is 1. The Morgan fingerprint density at radius 2 is 2.33 bits per heavy atom. The fraction of sp³-hybridized carbons (Fsp3) is 0.600. The monoisotopic (exact) mass is 211 g/mol. The van der Waals surface area contributed by atoms with Gasteiger partial charge in [0.25, 0.3) is 5.91 Å². The second kappa shape index (κ2) is 4.44. The third-order valence-electron chi connectivity index (χ3n) is 2.10. The van der Waals surface area contributed by atoms with Crippen molar-refractivity contribution in [1.82, 2.24) is 15.1 Å². The van der Waals surface area contributed by atoms with Gasteiger partial charge in [-0.2, -0.15) is 5.10 Å². The standard InChI is InChI=1S/C10H17N3O2/c1-10(2,7-14)6-11-9(15)8-4-5-13(3)12-8/h4-5,14H,6-7H2,1-3H3,(H,11,15). The summed E-state index contributed by atoms with van der Waals surface area (Å²) >= 11 is 0. The van der Waals surface area contributed by atoms with Crippen molar-refractivity contribution < 1.29 is 9.90 Å². The molecule has 0 saturated carbocycles. The van der Waals surface area contributed by atoms with Gasteiger partial charge in [0.15, 0.2) is 0 Å². The molecule has 84 valence electrons. The van der Waals surface area contributed by atoms with Crippen LogP contribution in [-0.4, -0.2) is 33.9 Å². The molecule has 0 saturated heterocycles. The van der Waals surface area contributed by atoms with Gasteiger partial charge in [-0.05, 0) is 6.07 Å². The maximum atomic E-state index is 11.6. The zero-order valence-corrected chi connectivity index (χ0v) is 9.32. The molecule has 0 aliphatic rings. The van der Waals surface area contributed by atoms with Crippen LogP contribution in [0.2, 0.25) is 0 Å². The van der Waals surface area contributed by atoms with Gasteiger partial charge in [-0.15, -0.1) is 0 Å². The number of hydrogen-bond donors (Lipinski definition) is 2. The molecule has 0 spiro atoms. The summed E-state index contributed by atoms with van der Waals surface area (Å²) in [7, 11) is 1.76. The van der Waals surface area contributed by atoms with Crippen LogP contribution >= 0.6 is 0 Å². The number of aryl methyl sites for hydroxylation is 1. The minimum absolute atomic E-state index is 0.0372. The summed E-state index contributed by atoms with van der Waals surface area (Å²) in [5.74, 6) is -0.211. The fourth-order valence-corrected chi connectivity index (χ4v) is 1.00. The van der Waals surface area contributed by atoms with E-state index in [4.69, 9.17) is 5.11 Å². The minimum Gasteiger partial charge on any atom is -0.396 e. The van der Waals surface area contributed by atoms with Crippen molar-refractivity contribution in [2.75, 3.05) is 13.2 Å². The summed E-state index contributed by atoms with van der Waals surface area (Å²) in [6.45, 7) is 4.23. The second-order valence-corrected chi connectivity index (χ2v) is 4.38. The summed E-state index contributed by atoms with van der Waals surface area (Å²) in [4.78, 5) is 11.6. The Morgan fingerprint density at radius 3 is 2.80 bits per heavy atom. The quantitative estimate of drug-likeness (QED) is 0.746. The maximum Gasteiger partial charge on any atom is 0.271 e. The Balaban J connectivity index is 2.50. The lowest BCUT2D eigenvalue weighted by molar-refractivity contribution is 0.0905. The first-order chi connectivity index (χ1) is 6.94. The van der Waals surface area contributed by atoms with Gasteiger partial charge in [-0.1, -0.05) is 13.8 Å². The molecule has 5 heteroatoms. The van der Waals surface area contributed by atoms with E-state index >= 15 is 0 Å². The molecular weight excluding hydrogens is 194 g/mol. The van der Waals surface area contributed by atoms with Gasteiger partial charge in [0.05, 0.1) is 0 Å². The first kappa shape index (κ1) is 11.7. The average Bonchev–Trinajstić information content (AvgIpc) is 2.61. The highest BCUT2D eigenvalue weighted by Gasteiger charge is 2.18. The smallest absolute Gasteiger partial charge is 0.271 e. The molecule has 0 atom stereocenters. The number of hydrogen-bond acceptors (Lipinski definition) is 3. The molecule has 0 unspecified atom stereocenters. The Morgan fingerprint density at radius 1 is 1.67 bits per heavy atom. The van der Waals surface area contributed by atoms with E-state index in [-0.39, 0.29) is 17.9 Å². The number of nitrogens with one attached hydrogen (secondary N) is 1. The number of rotatable bonds is 4. The minimum atomic E-state index is -0.301. The molecule has 0 aliphatic carbocycles. The van der Waals surface area contributed by atoms with Gasteiger partial charge in [-0.25, -0.2) is 0 Å². The Hall–Kier alpha value is -1.36. The Labute approximate surface area is 89.1 Å². The molecule has 5 nitrogen and oxygen atoms in total. The lowest BCUT2D eigenvalue weighted by Gasteiger charge is -2.21. The highest BCUT2D eigenvalue weighted by Crippen LogP contribution is 2.11. The molecule has 1 aromatic rings. The van der Waals surface area contributed by atoms with Crippen LogP contribution in [0.4, 0.5) is 0 Å². The molecule has 0 fully saturated rings. The van der Waals surface area contributed by atoms with Crippen molar-refractivity contribution in [2.45, 2.75) is 13.8 Å². The third-order valence-corrected chi connectivity index (χ3v) is 2.10. The van der Waals surface area contributed by atoms with Crippen molar-refractivity contribution in [1.29, 1.82) is 0 Å². The Kier molecular flexibility index (Phi) is 3.47. The normalized spacial score (nSPS) is 11.5. The number of carbonyl (C=O) groups excluding carboxylic acids is 1. The predicted molar refractivity (Wildman–Crippen MR) is 56.4 cm³/mol. The molecule has 15 heavy (non-hydrogen) atoms. The highest BCUT2D eigenvalue weighted by molar-refractivity contribution is 5.92. The van der Waals surface area contributed by atoms with Crippen LogP contribution in [0.25, 0.3) is 0 Å². The average molecular weight is 211 g/mol. The maximum absolute atomic E-state index is 11.6. The van der Waals surface area contributed by atoms with Crippen LogP contribution in [0.5, 0.6) is 0 Å². The van der Waals surface area contributed by atoms with Crippen LogP contribution in [0.3, 0.4) is 0 Å². The van der Waals surface area contributed by atoms with E-state index in [0.29, 0.717) is 12.2 Å². The molecular formula is C10H17N3O2. The molecule has 1 aromatic heterocycles. The number of aliphatic hydroxyl groups is 1. The van der Waals surface area contributed by atoms with Gasteiger partial charge in [0.1, 0.15) is 5.69 Å². The van der Waals surface area contributed by atoms with E-state index in [2.05, 4.69) is 10.4 Å². The molecule has 1 heterocycles. The first-order valence-electron chi connectivity index (χ1n) is 4.83. The fourth-order valence-electron chi connectivity index (χ4n) is 1.00. The van der Waals surface area contributed by atoms with Crippen LogP contribution in [0, 0.1) is 5.41 Å². The van der Waals surface area contributed by atoms with E-state index in [1.54, 1.807) is 24.0 Å². The number of aromatic nitrogens is 2. The number of aliphatic hydroxyl groups excluding tert-OH is 1. The lowest BCUT2D eigenvalue weighted by atomic mass is 9.95. The van der Waals surface area contributed by atoms with Gasteiger partial charge in [0.2, 0.25) is 0 Å². The predicted octanol–water partition coefficient (Wildman–Crippen LogP) is 0.168. The van der Waals surface area contributed by atoms with Gasteiger partial charge in [-0.3, -0.25) is 9.48 Å². The molecule has 0 bridgehead atoms. The molecule has 0 aromatic carbocycles. The second-order valence-electron chi connectivity index (χ2n) is 4.38. The van der Waals surface area contributed by atoms with E-state index in [1.165, 1.54) is 0 Å². The summed E-state index contributed by atoms with van der Waals surface area (Å²) in [6.07, 6.45) is 1.71. The largest absolute Gasteiger partial charge is 0.396 e. The first-order valence-corrected chi connectivity index (χ1v) is 4.83. The van der Waals surface area contributed by atoms with Crippen molar-refractivity contribution in [3.8, 4) is 0 Å². The molecule has 0 radical (unpaired) electrons. The van der Waals surface area contributed by atoms with E-state index in [1.807, 2.05) is 13.8 Å². The van der Waals surface area contributed by atoms with Crippen LogP contribution < -0.4 is 5.32 Å². The van der Waals surface area contributed by atoms with Gasteiger partial charge < -0.3 is 10.4 Å². The molecule has 0 aliphatic heterocycles. The zero-order valence-electron chi connectivity index (χ0n) is 9.32. The molecule has 1 amide bonds. The van der Waals surface area contributed by atoms with Gasteiger partial charge >= 0.3 is 0 Å². The summed E-state index contributed by atoms with van der Waals surface area (Å²) < 4.78 is 1.58. The van der Waals surface area contributed by atoms with E-state index in [0.717, 1.165) is 0 Å². The van der Waals surface area contributed by atoms with Crippen LogP contribution in [0.1, 0.15) is 24.3 Å². The SMILES string of the molecule is Cn1ccc(C(=O)NCC(C)(C)CO)n1. The summed E-state index contributed by atoms with van der Waals surface area (Å²) in [6, 6.07) is 1.65. The summed E-state index contributed by atoms with van der Waals surface area (Å²) in [5.41, 5.74) is 0.0935. The van der Waals surface area contributed by atoms with Crippen molar-refractivity contribution >= 4 is 5.91 Å². The highest BCUT2D eigenvalue weighted by atomic mass is 16.3.